The summed E-state index contributed by atoms with van der Waals surface area (Å²) in [6.07, 6.45) is 1.47. The van der Waals surface area contributed by atoms with Crippen molar-refractivity contribution in [3.63, 3.8) is 0 Å². The number of ether oxygens (including phenoxy) is 3. The Kier molecular flexibility index (Phi) is 7.72. The normalized spacial score (nSPS) is 10.7. The molecule has 4 aromatic rings. The maximum Gasteiger partial charge on any atom is 0.337 e. The van der Waals surface area contributed by atoms with Crippen molar-refractivity contribution in [2.45, 2.75) is 6.61 Å². The van der Waals surface area contributed by atoms with Crippen LogP contribution in [0, 0.1) is 0 Å². The molecule has 0 aliphatic carbocycles. The molecule has 0 aliphatic rings. The third-order valence-corrected chi connectivity index (χ3v) is 5.23. The molecule has 0 bridgehead atoms. The second kappa shape index (κ2) is 11.5. The predicted molar refractivity (Wildman–Crippen MR) is 134 cm³/mol. The fourth-order valence-corrected chi connectivity index (χ4v) is 3.32. The van der Waals surface area contributed by atoms with E-state index in [0.717, 1.165) is 11.1 Å². The zero-order valence-electron chi connectivity index (χ0n) is 19.7. The molecule has 0 radical (unpaired) electrons. The molecule has 1 aromatic heterocycles. The summed E-state index contributed by atoms with van der Waals surface area (Å²) in [6, 6.07) is 23.5. The van der Waals surface area contributed by atoms with E-state index in [1.165, 1.54) is 13.3 Å². The summed E-state index contributed by atoms with van der Waals surface area (Å²) in [5, 5.41) is 10.9. The lowest BCUT2D eigenvalue weighted by Crippen LogP contribution is -2.18. The van der Waals surface area contributed by atoms with Gasteiger partial charge >= 0.3 is 5.97 Å². The highest BCUT2D eigenvalue weighted by Crippen LogP contribution is 2.32. The third-order valence-electron chi connectivity index (χ3n) is 5.23. The highest BCUT2D eigenvalue weighted by atomic mass is 16.5. The second-order valence-electron chi connectivity index (χ2n) is 7.62. The predicted octanol–water partition coefficient (Wildman–Crippen LogP) is 4.21. The van der Waals surface area contributed by atoms with Gasteiger partial charge < -0.3 is 14.2 Å². The number of rotatable bonds is 9. The SMILES string of the molecule is COC(=O)c1ccc(/C=N\NC(=O)c2cc(-c3ccc(OCc4ccccc4)c(OC)c3)n[nH]2)cc1. The van der Waals surface area contributed by atoms with E-state index in [0.29, 0.717) is 34.9 Å². The Hall–Kier alpha value is -4.92. The lowest BCUT2D eigenvalue weighted by Gasteiger charge is -2.11. The average molecular weight is 485 g/mol. The first kappa shape index (κ1) is 24.2. The first-order valence-corrected chi connectivity index (χ1v) is 11.0. The monoisotopic (exact) mass is 484 g/mol. The molecule has 0 aliphatic heterocycles. The smallest absolute Gasteiger partial charge is 0.337 e. The van der Waals surface area contributed by atoms with E-state index >= 15 is 0 Å². The molecule has 0 saturated heterocycles. The topological polar surface area (TPSA) is 115 Å². The molecule has 0 fully saturated rings. The van der Waals surface area contributed by atoms with Crippen LogP contribution < -0.4 is 14.9 Å². The van der Waals surface area contributed by atoms with Gasteiger partial charge in [-0.05, 0) is 47.5 Å². The highest BCUT2D eigenvalue weighted by Gasteiger charge is 2.13. The van der Waals surface area contributed by atoms with Crippen LogP contribution in [-0.2, 0) is 11.3 Å². The molecule has 0 atom stereocenters. The first-order chi connectivity index (χ1) is 17.6. The van der Waals surface area contributed by atoms with Gasteiger partial charge in [0, 0.05) is 5.56 Å². The lowest BCUT2D eigenvalue weighted by atomic mass is 10.1. The number of aromatic nitrogens is 2. The summed E-state index contributed by atoms with van der Waals surface area (Å²) < 4.78 is 16.0. The number of carbonyl (C=O) groups excluding carboxylic acids is 2. The summed E-state index contributed by atoms with van der Waals surface area (Å²) in [7, 11) is 2.89. The maximum absolute atomic E-state index is 12.5. The molecular formula is C27H24N4O5. The Balaban J connectivity index is 1.38. The van der Waals surface area contributed by atoms with E-state index in [1.54, 1.807) is 49.6 Å². The number of amides is 1. The van der Waals surface area contributed by atoms with Crippen LogP contribution in [0.5, 0.6) is 11.5 Å². The van der Waals surface area contributed by atoms with Crippen molar-refractivity contribution in [3.05, 3.63) is 101 Å². The molecule has 1 amide bonds. The Bertz CT molecular complexity index is 1360. The lowest BCUT2D eigenvalue weighted by molar-refractivity contribution is 0.0600. The molecule has 1 heterocycles. The molecule has 0 unspecified atom stereocenters. The zero-order valence-corrected chi connectivity index (χ0v) is 19.7. The van der Waals surface area contributed by atoms with Crippen LogP contribution in [0.15, 0.2) is 84.0 Å². The van der Waals surface area contributed by atoms with Crippen molar-refractivity contribution in [3.8, 4) is 22.8 Å². The Morgan fingerprint density at radius 3 is 2.47 bits per heavy atom. The Morgan fingerprint density at radius 1 is 0.972 bits per heavy atom. The second-order valence-corrected chi connectivity index (χ2v) is 7.62. The van der Waals surface area contributed by atoms with Crippen LogP contribution in [0.1, 0.15) is 32.0 Å². The molecule has 182 valence electrons. The molecule has 0 spiro atoms. The van der Waals surface area contributed by atoms with Gasteiger partial charge in [0.15, 0.2) is 11.5 Å². The zero-order chi connectivity index (χ0) is 25.3. The number of nitrogens with one attached hydrogen (secondary N) is 2. The standard InChI is InChI=1S/C27H24N4O5/c1-34-25-14-21(12-13-24(25)36-17-19-6-4-3-5-7-19)22-15-23(30-29-22)26(32)31-28-16-18-8-10-20(11-9-18)27(33)35-2/h3-16H,17H2,1-2H3,(H,29,30)(H,31,32)/b28-16-. The van der Waals surface area contributed by atoms with Crippen molar-refractivity contribution in [1.82, 2.24) is 15.6 Å². The van der Waals surface area contributed by atoms with Gasteiger partial charge in [-0.3, -0.25) is 9.89 Å². The van der Waals surface area contributed by atoms with Crippen LogP contribution in [-0.4, -0.2) is 42.5 Å². The van der Waals surface area contributed by atoms with Crippen molar-refractivity contribution in [2.75, 3.05) is 14.2 Å². The van der Waals surface area contributed by atoms with Gasteiger partial charge in [0.2, 0.25) is 0 Å². The molecule has 4 rings (SSSR count). The van der Waals surface area contributed by atoms with Crippen LogP contribution >= 0.6 is 0 Å². The number of hydrogen-bond acceptors (Lipinski definition) is 7. The fourth-order valence-electron chi connectivity index (χ4n) is 3.32. The summed E-state index contributed by atoms with van der Waals surface area (Å²) in [6.45, 7) is 0.416. The summed E-state index contributed by atoms with van der Waals surface area (Å²) in [4.78, 5) is 23.9. The average Bonchev–Trinajstić information content (AvgIpc) is 3.43. The Labute approximate surface area is 207 Å². The molecular weight excluding hydrogens is 460 g/mol. The van der Waals surface area contributed by atoms with E-state index in [1.807, 2.05) is 36.4 Å². The number of nitrogens with zero attached hydrogens (tertiary/aromatic N) is 2. The van der Waals surface area contributed by atoms with Gasteiger partial charge in [0.25, 0.3) is 5.91 Å². The van der Waals surface area contributed by atoms with Gasteiger partial charge in [-0.1, -0.05) is 42.5 Å². The minimum Gasteiger partial charge on any atom is -0.493 e. The maximum atomic E-state index is 12.5. The molecule has 3 aromatic carbocycles. The minimum absolute atomic E-state index is 0.242. The van der Waals surface area contributed by atoms with Crippen LogP contribution in [0.25, 0.3) is 11.3 Å². The number of H-pyrrole nitrogens is 1. The summed E-state index contributed by atoms with van der Waals surface area (Å²) in [5.74, 6) is 0.285. The number of hydrogen-bond donors (Lipinski definition) is 2. The number of carbonyl (C=O) groups is 2. The number of benzene rings is 3. The number of esters is 1. The number of aromatic amines is 1. The molecule has 2 N–H and O–H groups in total. The van der Waals surface area contributed by atoms with Crippen molar-refractivity contribution >= 4 is 18.1 Å². The van der Waals surface area contributed by atoms with E-state index in [4.69, 9.17) is 9.47 Å². The van der Waals surface area contributed by atoms with Gasteiger partial charge in [-0.15, -0.1) is 0 Å². The van der Waals surface area contributed by atoms with Crippen LogP contribution in [0.2, 0.25) is 0 Å². The van der Waals surface area contributed by atoms with Crippen molar-refractivity contribution in [1.29, 1.82) is 0 Å². The van der Waals surface area contributed by atoms with Crippen LogP contribution in [0.3, 0.4) is 0 Å². The van der Waals surface area contributed by atoms with Gasteiger partial charge in [-0.2, -0.15) is 10.2 Å². The van der Waals surface area contributed by atoms with Gasteiger partial charge in [0.1, 0.15) is 12.3 Å². The highest BCUT2D eigenvalue weighted by molar-refractivity contribution is 5.94. The third kappa shape index (κ3) is 5.95. The number of hydrazone groups is 1. The molecule has 9 nitrogen and oxygen atoms in total. The summed E-state index contributed by atoms with van der Waals surface area (Å²) >= 11 is 0. The van der Waals surface area contributed by atoms with E-state index < -0.39 is 11.9 Å². The van der Waals surface area contributed by atoms with E-state index in [-0.39, 0.29) is 5.69 Å². The van der Waals surface area contributed by atoms with Gasteiger partial charge in [-0.25, -0.2) is 10.2 Å². The van der Waals surface area contributed by atoms with Crippen molar-refractivity contribution in [2.24, 2.45) is 5.10 Å². The molecule has 36 heavy (non-hydrogen) atoms. The van der Waals surface area contributed by atoms with E-state index in [2.05, 4.69) is 25.5 Å². The summed E-state index contributed by atoms with van der Waals surface area (Å²) in [5.41, 5.74) is 6.19. The van der Waals surface area contributed by atoms with Crippen molar-refractivity contribution < 1.29 is 23.8 Å². The quantitative estimate of drug-likeness (QED) is 0.209. The van der Waals surface area contributed by atoms with Crippen LogP contribution in [0.4, 0.5) is 0 Å². The first-order valence-electron chi connectivity index (χ1n) is 11.0. The molecule has 0 saturated carbocycles. The number of methoxy groups -OCH3 is 2. The fraction of sp³-hybridized carbons (Fsp3) is 0.111. The van der Waals surface area contributed by atoms with Gasteiger partial charge in [0.05, 0.1) is 31.7 Å². The van der Waals surface area contributed by atoms with E-state index in [9.17, 15) is 9.59 Å². The Morgan fingerprint density at radius 2 is 1.75 bits per heavy atom. The largest absolute Gasteiger partial charge is 0.493 e. The minimum atomic E-state index is -0.453. The molecule has 9 heteroatoms.